The second kappa shape index (κ2) is 31.8. The highest BCUT2D eigenvalue weighted by atomic mass is 16.7. The van der Waals surface area contributed by atoms with E-state index in [9.17, 15) is 0 Å². The Kier molecular flexibility index (Phi) is 24.5. The Bertz CT molecular complexity index is 2250. The Balaban J connectivity index is 1.30. The third-order valence-corrected chi connectivity index (χ3v) is 13.5. The fourth-order valence-electron chi connectivity index (χ4n) is 9.26. The van der Waals surface area contributed by atoms with E-state index >= 15 is 0 Å². The van der Waals surface area contributed by atoms with Gasteiger partial charge in [0.25, 0.3) is 0 Å². The van der Waals surface area contributed by atoms with E-state index in [1.54, 1.807) is 0 Å². The normalized spacial score (nSPS) is 15.3. The van der Waals surface area contributed by atoms with E-state index in [0.29, 0.717) is 0 Å². The van der Waals surface area contributed by atoms with E-state index in [1.165, 1.54) is 99.3 Å². The molecule has 4 aromatic rings. The molecular formula is C66H82O4. The summed E-state index contributed by atoms with van der Waals surface area (Å²) in [4.78, 5) is 0. The van der Waals surface area contributed by atoms with Crippen molar-refractivity contribution in [3.05, 3.63) is 128 Å². The van der Waals surface area contributed by atoms with Gasteiger partial charge in [-0.3, -0.25) is 0 Å². The van der Waals surface area contributed by atoms with Crippen LogP contribution in [0.15, 0.2) is 72.8 Å². The molecule has 2 saturated heterocycles. The van der Waals surface area contributed by atoms with Crippen molar-refractivity contribution in [3.8, 4) is 58.9 Å². The number of unbranched alkanes of at least 4 members (excludes halogenated alkanes) is 12. The lowest BCUT2D eigenvalue weighted by Gasteiger charge is -2.23. The Morgan fingerprint density at radius 3 is 1.01 bits per heavy atom. The van der Waals surface area contributed by atoms with Crippen LogP contribution in [0.1, 0.15) is 225 Å². The molecule has 0 aliphatic carbocycles. The predicted molar refractivity (Wildman–Crippen MR) is 291 cm³/mol. The summed E-state index contributed by atoms with van der Waals surface area (Å²) >= 11 is 0. The van der Waals surface area contributed by atoms with E-state index in [4.69, 9.17) is 18.9 Å². The van der Waals surface area contributed by atoms with Crippen molar-refractivity contribution >= 4 is 0 Å². The molecule has 2 fully saturated rings. The van der Waals surface area contributed by atoms with Crippen LogP contribution < -0.4 is 9.47 Å². The summed E-state index contributed by atoms with van der Waals surface area (Å²) in [5.74, 6) is 29.8. The molecule has 0 aromatic heterocycles. The molecule has 6 rings (SSSR count). The summed E-state index contributed by atoms with van der Waals surface area (Å²) in [5, 5.41) is 0. The highest BCUT2D eigenvalue weighted by molar-refractivity contribution is 5.58. The zero-order chi connectivity index (χ0) is 48.9. The van der Waals surface area contributed by atoms with Crippen LogP contribution in [0.5, 0.6) is 11.5 Å². The molecule has 2 aliphatic rings. The Morgan fingerprint density at radius 1 is 0.386 bits per heavy atom. The molecular weight excluding hydrogens is 857 g/mol. The van der Waals surface area contributed by atoms with Gasteiger partial charge in [0.15, 0.2) is 12.6 Å². The van der Waals surface area contributed by atoms with Gasteiger partial charge in [-0.15, -0.1) is 0 Å². The number of benzene rings is 4. The lowest BCUT2D eigenvalue weighted by Crippen LogP contribution is -2.24. The van der Waals surface area contributed by atoms with Crippen molar-refractivity contribution in [3.63, 3.8) is 0 Å². The molecule has 370 valence electrons. The van der Waals surface area contributed by atoms with Crippen LogP contribution >= 0.6 is 0 Å². The SMILES string of the molecule is CCCCCCc1cc(C#Cc2ccc(OC3CCCCO3)cc2)c(CCCCCC)cc1C#CC#Cc1cc(CCCCCC)c(C#Cc2ccc(OC3CCCCO3)cc2)cc1CCCCCC. The maximum absolute atomic E-state index is 6.10. The van der Waals surface area contributed by atoms with Crippen LogP contribution in [-0.2, 0) is 35.2 Å². The summed E-state index contributed by atoms with van der Waals surface area (Å²) < 4.78 is 23.8. The van der Waals surface area contributed by atoms with Crippen LogP contribution in [0.4, 0.5) is 0 Å². The molecule has 2 unspecified atom stereocenters. The molecule has 0 N–H and O–H groups in total. The molecule has 0 saturated carbocycles. The van der Waals surface area contributed by atoms with Gasteiger partial charge in [-0.1, -0.05) is 140 Å². The van der Waals surface area contributed by atoms with Crippen LogP contribution in [0.2, 0.25) is 0 Å². The average molecular weight is 939 g/mol. The Morgan fingerprint density at radius 2 is 0.714 bits per heavy atom. The van der Waals surface area contributed by atoms with E-state index in [1.807, 2.05) is 24.3 Å². The first-order valence-electron chi connectivity index (χ1n) is 27.7. The van der Waals surface area contributed by atoms with Crippen LogP contribution in [0.3, 0.4) is 0 Å². The Hall–Kier alpha value is -5.36. The van der Waals surface area contributed by atoms with Gasteiger partial charge in [-0.25, -0.2) is 0 Å². The minimum atomic E-state index is -0.156. The quantitative estimate of drug-likeness (QED) is 0.0518. The smallest absolute Gasteiger partial charge is 0.199 e. The van der Waals surface area contributed by atoms with Gasteiger partial charge < -0.3 is 18.9 Å². The lowest BCUT2D eigenvalue weighted by atomic mass is 9.92. The largest absolute Gasteiger partial charge is 0.465 e. The van der Waals surface area contributed by atoms with Gasteiger partial charge in [0, 0.05) is 46.2 Å². The third kappa shape index (κ3) is 19.1. The monoisotopic (exact) mass is 939 g/mol. The molecule has 4 aromatic carbocycles. The van der Waals surface area contributed by atoms with Crippen molar-refractivity contribution in [2.24, 2.45) is 0 Å². The minimum absolute atomic E-state index is 0.156. The van der Waals surface area contributed by atoms with Crippen LogP contribution in [-0.4, -0.2) is 25.8 Å². The van der Waals surface area contributed by atoms with Gasteiger partial charge in [-0.2, -0.15) is 0 Å². The highest BCUT2D eigenvalue weighted by Gasteiger charge is 2.17. The average Bonchev–Trinajstić information content (AvgIpc) is 3.39. The number of rotatable bonds is 24. The molecule has 2 heterocycles. The molecule has 0 radical (unpaired) electrons. The zero-order valence-corrected chi connectivity index (χ0v) is 43.5. The van der Waals surface area contributed by atoms with Crippen LogP contribution in [0, 0.1) is 47.4 Å². The van der Waals surface area contributed by atoms with Gasteiger partial charge in [0.1, 0.15) is 11.5 Å². The second-order valence-corrected chi connectivity index (χ2v) is 19.5. The first-order chi connectivity index (χ1) is 34.5. The summed E-state index contributed by atoms with van der Waals surface area (Å²) in [6.07, 6.45) is 29.2. The van der Waals surface area contributed by atoms with Crippen molar-refractivity contribution in [1.29, 1.82) is 0 Å². The molecule has 70 heavy (non-hydrogen) atoms. The minimum Gasteiger partial charge on any atom is -0.465 e. The molecule has 2 atom stereocenters. The van der Waals surface area contributed by atoms with Crippen molar-refractivity contribution in [1.82, 2.24) is 0 Å². The maximum atomic E-state index is 6.10. The summed E-state index contributed by atoms with van der Waals surface area (Å²) in [5.41, 5.74) is 11.5. The summed E-state index contributed by atoms with van der Waals surface area (Å²) in [6, 6.07) is 25.7. The number of hydrogen-bond acceptors (Lipinski definition) is 4. The first-order valence-corrected chi connectivity index (χ1v) is 27.7. The summed E-state index contributed by atoms with van der Waals surface area (Å²) in [6.45, 7) is 10.6. The van der Waals surface area contributed by atoms with Gasteiger partial charge in [-0.05, 0) is 184 Å². The van der Waals surface area contributed by atoms with E-state index in [2.05, 4.69) is 124 Å². The van der Waals surface area contributed by atoms with Crippen molar-refractivity contribution in [2.75, 3.05) is 13.2 Å². The number of hydrogen-bond donors (Lipinski definition) is 0. The third-order valence-electron chi connectivity index (χ3n) is 13.5. The van der Waals surface area contributed by atoms with Gasteiger partial charge in [0.05, 0.1) is 13.2 Å². The van der Waals surface area contributed by atoms with Gasteiger partial charge >= 0.3 is 0 Å². The van der Waals surface area contributed by atoms with E-state index in [0.717, 1.165) is 148 Å². The highest BCUT2D eigenvalue weighted by Crippen LogP contribution is 2.26. The number of ether oxygens (including phenoxy) is 4. The standard InChI is InChI=1S/C66H82O4/c1-5-9-13-17-27-55-51-61(41-35-53-37-43-63(44-38-53)69-65-33-23-25-47-67-65)59(29-19-15-11-7-3)49-57(55)31-21-22-32-58-50-60(30-20-16-12-8-4)62(52-56(58)28-18-14-10-6-2)42-36-54-39-45-64(46-40-54)70-66-34-24-26-48-68-66/h37-40,43-46,49-52,65-66H,5-20,23-30,33-34,47-48H2,1-4H3. The van der Waals surface area contributed by atoms with E-state index < -0.39 is 0 Å². The molecule has 4 nitrogen and oxygen atoms in total. The summed E-state index contributed by atoms with van der Waals surface area (Å²) in [7, 11) is 0. The second-order valence-electron chi connectivity index (χ2n) is 19.5. The van der Waals surface area contributed by atoms with E-state index in [-0.39, 0.29) is 12.6 Å². The molecule has 2 aliphatic heterocycles. The molecule has 0 spiro atoms. The predicted octanol–water partition coefficient (Wildman–Crippen LogP) is 16.2. The van der Waals surface area contributed by atoms with Gasteiger partial charge in [0.2, 0.25) is 0 Å². The maximum Gasteiger partial charge on any atom is 0.199 e. The van der Waals surface area contributed by atoms with Crippen LogP contribution in [0.25, 0.3) is 0 Å². The lowest BCUT2D eigenvalue weighted by molar-refractivity contribution is -0.106. The van der Waals surface area contributed by atoms with Crippen molar-refractivity contribution < 1.29 is 18.9 Å². The topological polar surface area (TPSA) is 36.9 Å². The fourth-order valence-corrected chi connectivity index (χ4v) is 9.26. The Labute approximate surface area is 424 Å². The fraction of sp³-hybridized carbons (Fsp3) is 0.515. The molecule has 4 heteroatoms. The molecule has 0 amide bonds. The number of aryl methyl sites for hydroxylation is 4. The zero-order valence-electron chi connectivity index (χ0n) is 43.5. The first kappa shape index (κ1) is 54.0. The van der Waals surface area contributed by atoms with Crippen molar-refractivity contribution in [2.45, 2.75) is 207 Å². The molecule has 0 bridgehead atoms.